The van der Waals surface area contributed by atoms with Gasteiger partial charge in [-0.05, 0) is 23.7 Å². The minimum atomic E-state index is 0.893. The number of hydrogen-bond acceptors (Lipinski definition) is 5. The molecule has 0 bridgehead atoms. The van der Waals surface area contributed by atoms with Crippen LogP contribution in [0, 0.1) is 0 Å². The standard InChI is InChI=1S/C16H28N2O2S/c1(5-17-7-11-19-12-8-17)3-15-21-16-4-2-6-18-9-13-20-14-10-18/h3-4,15-16H,1-2,5-14H2. The molecule has 0 radical (unpaired) electrons. The summed E-state index contributed by atoms with van der Waals surface area (Å²) < 4.78 is 10.7. The second-order valence-electron chi connectivity index (χ2n) is 5.37. The molecule has 21 heavy (non-hydrogen) atoms. The molecule has 0 atom stereocenters. The molecule has 0 amide bonds. The summed E-state index contributed by atoms with van der Waals surface area (Å²) in [5.74, 6) is 0. The monoisotopic (exact) mass is 312 g/mol. The van der Waals surface area contributed by atoms with Crippen molar-refractivity contribution in [1.82, 2.24) is 9.80 Å². The van der Waals surface area contributed by atoms with Gasteiger partial charge in [-0.2, -0.15) is 0 Å². The van der Waals surface area contributed by atoms with Crippen LogP contribution in [0.5, 0.6) is 0 Å². The Hall–Kier alpha value is -0.330. The minimum absolute atomic E-state index is 0.893. The highest BCUT2D eigenvalue weighted by molar-refractivity contribution is 8.04. The summed E-state index contributed by atoms with van der Waals surface area (Å²) in [5, 5.41) is 4.40. The van der Waals surface area contributed by atoms with Crippen LogP contribution in [-0.4, -0.2) is 75.5 Å². The molecule has 2 aliphatic heterocycles. The topological polar surface area (TPSA) is 24.9 Å². The van der Waals surface area contributed by atoms with Gasteiger partial charge < -0.3 is 9.47 Å². The van der Waals surface area contributed by atoms with E-state index in [2.05, 4.69) is 32.8 Å². The average Bonchev–Trinajstić information content (AvgIpc) is 2.55. The van der Waals surface area contributed by atoms with Crippen LogP contribution in [0.15, 0.2) is 23.0 Å². The Morgan fingerprint density at radius 3 is 1.57 bits per heavy atom. The smallest absolute Gasteiger partial charge is 0.0594 e. The van der Waals surface area contributed by atoms with Crippen molar-refractivity contribution in [3.05, 3.63) is 23.0 Å². The Balaban J connectivity index is 1.42. The molecule has 2 rings (SSSR count). The van der Waals surface area contributed by atoms with Crippen molar-refractivity contribution in [2.75, 3.05) is 65.7 Å². The van der Waals surface area contributed by atoms with E-state index in [0.29, 0.717) is 0 Å². The molecule has 2 saturated heterocycles. The first-order valence-electron chi connectivity index (χ1n) is 8.01. The van der Waals surface area contributed by atoms with Crippen molar-refractivity contribution in [2.24, 2.45) is 0 Å². The maximum Gasteiger partial charge on any atom is 0.0594 e. The zero-order valence-corrected chi connectivity index (χ0v) is 13.7. The lowest BCUT2D eigenvalue weighted by Crippen LogP contribution is -2.36. The van der Waals surface area contributed by atoms with Crippen LogP contribution in [0.3, 0.4) is 0 Å². The van der Waals surface area contributed by atoms with E-state index >= 15 is 0 Å². The summed E-state index contributed by atoms with van der Waals surface area (Å²) in [6.07, 6.45) is 6.81. The summed E-state index contributed by atoms with van der Waals surface area (Å²) in [6.45, 7) is 10.2. The molecule has 4 nitrogen and oxygen atoms in total. The predicted octanol–water partition coefficient (Wildman–Crippen LogP) is 2.19. The van der Waals surface area contributed by atoms with Gasteiger partial charge in [-0.15, -0.1) is 11.8 Å². The van der Waals surface area contributed by atoms with E-state index in [1.54, 1.807) is 11.8 Å². The molecule has 2 aliphatic rings. The van der Waals surface area contributed by atoms with Crippen LogP contribution in [0.1, 0.15) is 12.8 Å². The first kappa shape index (κ1) is 17.0. The summed E-state index contributed by atoms with van der Waals surface area (Å²) in [6, 6.07) is 0. The largest absolute Gasteiger partial charge is 0.379 e. The molecule has 0 spiro atoms. The van der Waals surface area contributed by atoms with E-state index in [9.17, 15) is 0 Å². The Kier molecular flexibility index (Phi) is 9.14. The number of hydrogen-bond donors (Lipinski definition) is 0. The van der Waals surface area contributed by atoms with Crippen molar-refractivity contribution in [1.29, 1.82) is 0 Å². The fourth-order valence-electron chi connectivity index (χ4n) is 2.46. The van der Waals surface area contributed by atoms with Crippen LogP contribution >= 0.6 is 11.8 Å². The van der Waals surface area contributed by atoms with E-state index < -0.39 is 0 Å². The molecule has 0 aromatic heterocycles. The van der Waals surface area contributed by atoms with Gasteiger partial charge in [0.25, 0.3) is 0 Å². The molecule has 2 fully saturated rings. The van der Waals surface area contributed by atoms with Gasteiger partial charge in [0.05, 0.1) is 26.4 Å². The lowest BCUT2D eigenvalue weighted by molar-refractivity contribution is 0.0387. The van der Waals surface area contributed by atoms with E-state index in [4.69, 9.17) is 9.47 Å². The number of ether oxygens (including phenoxy) is 2. The van der Waals surface area contributed by atoms with Gasteiger partial charge in [0.2, 0.25) is 0 Å². The molecule has 0 saturated carbocycles. The van der Waals surface area contributed by atoms with Crippen molar-refractivity contribution in [3.8, 4) is 0 Å². The van der Waals surface area contributed by atoms with Crippen LogP contribution in [-0.2, 0) is 9.47 Å². The highest BCUT2D eigenvalue weighted by Crippen LogP contribution is 2.07. The third kappa shape index (κ3) is 8.02. The van der Waals surface area contributed by atoms with Crippen LogP contribution in [0.2, 0.25) is 0 Å². The van der Waals surface area contributed by atoms with Crippen LogP contribution in [0.4, 0.5) is 0 Å². The molecule has 0 aliphatic carbocycles. The molecule has 2 heterocycles. The average molecular weight is 312 g/mol. The normalized spacial score (nSPS) is 22.5. The maximum absolute atomic E-state index is 5.34. The highest BCUT2D eigenvalue weighted by Gasteiger charge is 2.08. The lowest BCUT2D eigenvalue weighted by atomic mass is 10.3. The molecular formula is C16H28N2O2S. The zero-order chi connectivity index (χ0) is 14.6. The second kappa shape index (κ2) is 11.3. The van der Waals surface area contributed by atoms with E-state index in [0.717, 1.165) is 78.5 Å². The second-order valence-corrected chi connectivity index (χ2v) is 6.18. The highest BCUT2D eigenvalue weighted by atomic mass is 32.2. The Labute approximate surface area is 133 Å². The summed E-state index contributed by atoms with van der Waals surface area (Å²) in [4.78, 5) is 4.94. The molecule has 0 N–H and O–H groups in total. The Morgan fingerprint density at radius 1 is 0.714 bits per heavy atom. The minimum Gasteiger partial charge on any atom is -0.379 e. The molecule has 120 valence electrons. The van der Waals surface area contributed by atoms with Gasteiger partial charge in [0.1, 0.15) is 0 Å². The summed E-state index contributed by atoms with van der Waals surface area (Å²) in [5.41, 5.74) is 0. The fourth-order valence-corrected chi connectivity index (χ4v) is 3.04. The maximum atomic E-state index is 5.34. The summed E-state index contributed by atoms with van der Waals surface area (Å²) in [7, 11) is 0. The Morgan fingerprint density at radius 2 is 1.14 bits per heavy atom. The first-order chi connectivity index (χ1) is 10.4. The predicted molar refractivity (Wildman–Crippen MR) is 89.6 cm³/mol. The third-order valence-electron chi connectivity index (χ3n) is 3.78. The van der Waals surface area contributed by atoms with Crippen molar-refractivity contribution in [2.45, 2.75) is 12.8 Å². The van der Waals surface area contributed by atoms with Crippen molar-refractivity contribution in [3.63, 3.8) is 0 Å². The molecule has 0 aromatic carbocycles. The van der Waals surface area contributed by atoms with Crippen molar-refractivity contribution < 1.29 is 9.47 Å². The van der Waals surface area contributed by atoms with Gasteiger partial charge in [0.15, 0.2) is 0 Å². The summed E-state index contributed by atoms with van der Waals surface area (Å²) >= 11 is 1.78. The van der Waals surface area contributed by atoms with Crippen LogP contribution in [0.25, 0.3) is 0 Å². The molecule has 0 aromatic rings. The fraction of sp³-hybridized carbons (Fsp3) is 0.750. The van der Waals surface area contributed by atoms with Gasteiger partial charge in [-0.1, -0.05) is 12.2 Å². The SMILES string of the molecule is C(=CSC=CCCN1CCOCC1)CCN1CCOCC1. The quantitative estimate of drug-likeness (QED) is 0.684. The molecule has 5 heteroatoms. The third-order valence-corrected chi connectivity index (χ3v) is 4.48. The van der Waals surface area contributed by atoms with Gasteiger partial charge in [-0.3, -0.25) is 9.80 Å². The van der Waals surface area contributed by atoms with Crippen LogP contribution < -0.4 is 0 Å². The molecule has 0 unspecified atom stereocenters. The number of morpholine rings is 2. The van der Waals surface area contributed by atoms with Gasteiger partial charge in [0, 0.05) is 39.3 Å². The van der Waals surface area contributed by atoms with Gasteiger partial charge in [-0.25, -0.2) is 0 Å². The van der Waals surface area contributed by atoms with E-state index in [1.807, 2.05) is 0 Å². The van der Waals surface area contributed by atoms with Gasteiger partial charge >= 0.3 is 0 Å². The van der Waals surface area contributed by atoms with E-state index in [-0.39, 0.29) is 0 Å². The number of rotatable bonds is 8. The van der Waals surface area contributed by atoms with E-state index in [1.165, 1.54) is 0 Å². The Bertz CT molecular complexity index is 281. The number of thioether (sulfide) groups is 1. The first-order valence-corrected chi connectivity index (χ1v) is 8.95. The van der Waals surface area contributed by atoms with Crippen molar-refractivity contribution >= 4 is 11.8 Å². The zero-order valence-electron chi connectivity index (χ0n) is 12.9. The number of nitrogens with zero attached hydrogens (tertiary/aromatic N) is 2. The molecular weight excluding hydrogens is 284 g/mol. The lowest BCUT2D eigenvalue weighted by Gasteiger charge is -2.25.